The molecule has 4 atom stereocenters. The van der Waals surface area contributed by atoms with E-state index in [0.29, 0.717) is 12.8 Å². The van der Waals surface area contributed by atoms with Crippen molar-refractivity contribution in [2.45, 2.75) is 90.1 Å². The summed E-state index contributed by atoms with van der Waals surface area (Å²) in [6.07, 6.45) is 6.54. The monoisotopic (exact) mass is 517 g/mol. The molecule has 1 saturated heterocycles. The Hall–Kier alpha value is -0.913. The highest BCUT2D eigenvalue weighted by molar-refractivity contribution is 7.85. The minimum absolute atomic E-state index is 0.0105. The predicted octanol–water partition coefficient (Wildman–Crippen LogP) is 4.05. The summed E-state index contributed by atoms with van der Waals surface area (Å²) in [5.41, 5.74) is 1.35. The van der Waals surface area contributed by atoms with Crippen molar-refractivity contribution < 1.29 is 26.6 Å². The molecular weight excluding hydrogens is 478 g/mol. The van der Waals surface area contributed by atoms with Crippen LogP contribution >= 0.6 is 11.3 Å². The van der Waals surface area contributed by atoms with E-state index >= 15 is 0 Å². The Kier molecular flexibility index (Phi) is 10.0. The van der Waals surface area contributed by atoms with Gasteiger partial charge in [-0.25, -0.2) is 4.98 Å². The first kappa shape index (κ1) is 28.3. The van der Waals surface area contributed by atoms with Gasteiger partial charge in [-0.15, -0.1) is 11.3 Å². The van der Waals surface area contributed by atoms with E-state index in [2.05, 4.69) is 38.8 Å². The summed E-state index contributed by atoms with van der Waals surface area (Å²) in [4.78, 5) is 15.5. The van der Waals surface area contributed by atoms with Crippen LogP contribution in [0.3, 0.4) is 0 Å². The van der Waals surface area contributed by atoms with Crippen molar-refractivity contribution in [1.29, 1.82) is 0 Å². The molecule has 0 saturated carbocycles. The molecule has 0 spiro atoms. The van der Waals surface area contributed by atoms with Crippen molar-refractivity contribution in [1.82, 2.24) is 4.98 Å². The van der Waals surface area contributed by atoms with Gasteiger partial charge in [-0.3, -0.25) is 4.18 Å². The van der Waals surface area contributed by atoms with Gasteiger partial charge < -0.3 is 14.0 Å². The molecule has 10 heteroatoms. The molecule has 1 aliphatic rings. The minimum Gasteiger partial charge on any atom is -0.417 e. The first-order valence-corrected chi connectivity index (χ1v) is 15.4. The van der Waals surface area contributed by atoms with Crippen LogP contribution in [-0.4, -0.2) is 60.1 Å². The zero-order chi connectivity index (χ0) is 24.9. The Labute approximate surface area is 205 Å². The predicted molar refractivity (Wildman–Crippen MR) is 136 cm³/mol. The quantitative estimate of drug-likeness (QED) is 0.159. The van der Waals surface area contributed by atoms with Crippen molar-refractivity contribution >= 4 is 43.6 Å². The number of hydrogen-bond donors (Lipinski definition) is 0. The second kappa shape index (κ2) is 11.7. The van der Waals surface area contributed by atoms with Gasteiger partial charge >= 0.3 is 0 Å². The van der Waals surface area contributed by atoms with Crippen LogP contribution < -0.4 is 0 Å². The van der Waals surface area contributed by atoms with Gasteiger partial charge in [0.1, 0.15) is 11.9 Å². The van der Waals surface area contributed by atoms with E-state index in [9.17, 15) is 13.2 Å². The number of hydrogen-bond acceptors (Lipinski definition) is 8. The fourth-order valence-electron chi connectivity index (χ4n) is 3.63. The number of aromatic nitrogens is 1. The average Bonchev–Trinajstić information content (AvgIpc) is 3.22. The van der Waals surface area contributed by atoms with Crippen molar-refractivity contribution in [3.63, 3.8) is 0 Å². The number of aldehydes is 1. The Morgan fingerprint density at radius 1 is 1.42 bits per heavy atom. The van der Waals surface area contributed by atoms with Crippen molar-refractivity contribution in [3.05, 3.63) is 21.7 Å². The van der Waals surface area contributed by atoms with E-state index < -0.39 is 25.5 Å². The largest absolute Gasteiger partial charge is 0.417 e. The third kappa shape index (κ3) is 10.1. The van der Waals surface area contributed by atoms with Crippen LogP contribution in [0.1, 0.15) is 71.0 Å². The molecule has 7 nitrogen and oxygen atoms in total. The van der Waals surface area contributed by atoms with Crippen molar-refractivity contribution in [3.8, 4) is 0 Å². The number of carbonyl (C=O) groups is 1. The summed E-state index contributed by atoms with van der Waals surface area (Å²) in [6.45, 7) is 12.5. The SMILES string of the molecule is CC(=Cc1csc(C)n1)[C@H](C[C@@H]1O[C@@]1(CCC[C@H](C)C=O)COS(C)(=O)=O)O[SiH2]C(C)(C)C. The van der Waals surface area contributed by atoms with Gasteiger partial charge in [-0.1, -0.05) is 27.7 Å². The molecule has 1 aromatic heterocycles. The number of ether oxygens (including phenoxy) is 1. The fraction of sp³-hybridized carbons (Fsp3) is 0.739. The van der Waals surface area contributed by atoms with Crippen LogP contribution in [0.15, 0.2) is 11.0 Å². The topological polar surface area (TPSA) is 95.1 Å². The van der Waals surface area contributed by atoms with Gasteiger partial charge in [0.25, 0.3) is 10.1 Å². The summed E-state index contributed by atoms with van der Waals surface area (Å²) in [5, 5.41) is 3.19. The molecule has 0 N–H and O–H groups in total. The Morgan fingerprint density at radius 2 is 2.12 bits per heavy atom. The Morgan fingerprint density at radius 3 is 2.67 bits per heavy atom. The molecule has 2 rings (SSSR count). The normalized spacial score (nSPS) is 23.7. The molecule has 0 amide bonds. The van der Waals surface area contributed by atoms with Crippen molar-refractivity contribution in [2.75, 3.05) is 12.9 Å². The van der Waals surface area contributed by atoms with Gasteiger partial charge in [-0.05, 0) is 49.8 Å². The molecule has 33 heavy (non-hydrogen) atoms. The zero-order valence-corrected chi connectivity index (χ0v) is 24.0. The molecule has 1 aromatic rings. The summed E-state index contributed by atoms with van der Waals surface area (Å²) in [5.74, 6) is -0.0318. The number of carbonyl (C=O) groups excluding carboxylic acids is 1. The van der Waals surface area contributed by atoms with E-state index in [0.717, 1.165) is 41.7 Å². The molecule has 1 fully saturated rings. The Balaban J connectivity index is 2.15. The summed E-state index contributed by atoms with van der Waals surface area (Å²) >= 11 is 1.61. The van der Waals surface area contributed by atoms with Gasteiger partial charge in [-0.2, -0.15) is 8.42 Å². The van der Waals surface area contributed by atoms with Crippen LogP contribution in [0.2, 0.25) is 5.04 Å². The van der Waals surface area contributed by atoms with Gasteiger partial charge in [0.05, 0.1) is 35.8 Å². The number of nitrogens with zero attached hydrogens (tertiary/aromatic N) is 1. The number of thiazole rings is 1. The first-order chi connectivity index (χ1) is 15.2. The average molecular weight is 518 g/mol. The van der Waals surface area contributed by atoms with Gasteiger partial charge in [0.15, 0.2) is 9.76 Å². The van der Waals surface area contributed by atoms with E-state index in [-0.39, 0.29) is 29.8 Å². The lowest BCUT2D eigenvalue weighted by Crippen LogP contribution is -2.29. The van der Waals surface area contributed by atoms with E-state index in [4.69, 9.17) is 13.3 Å². The third-order valence-corrected chi connectivity index (χ3v) is 8.35. The molecule has 2 heterocycles. The summed E-state index contributed by atoms with van der Waals surface area (Å²) < 4.78 is 41.0. The fourth-order valence-corrected chi connectivity index (χ4v) is 5.72. The standard InChI is InChI=1S/C23H39NO6S2Si/c1-16(13-25)9-8-10-23(15-28-32(7,26)27)21(29-23)12-20(30-33-22(4,5)6)17(2)11-19-14-31-18(3)24-19/h11,13-14,16,20-21H,8-10,12,15,33H2,1-7H3/t16-,20-,21-,23-/m0/s1. The maximum Gasteiger partial charge on any atom is 0.264 e. The van der Waals surface area contributed by atoms with Crippen LogP contribution in [0.5, 0.6) is 0 Å². The van der Waals surface area contributed by atoms with Crippen molar-refractivity contribution in [2.24, 2.45) is 5.92 Å². The summed E-state index contributed by atoms with van der Waals surface area (Å²) in [7, 11) is -4.40. The smallest absolute Gasteiger partial charge is 0.264 e. The third-order valence-electron chi connectivity index (χ3n) is 5.58. The second-order valence-corrected chi connectivity index (χ2v) is 15.9. The van der Waals surface area contributed by atoms with Crippen LogP contribution in [0.4, 0.5) is 0 Å². The molecule has 0 bridgehead atoms. The lowest BCUT2D eigenvalue weighted by atomic mass is 9.92. The summed E-state index contributed by atoms with van der Waals surface area (Å²) in [6, 6.07) is 0. The lowest BCUT2D eigenvalue weighted by Gasteiger charge is -2.25. The van der Waals surface area contributed by atoms with E-state index in [1.165, 1.54) is 0 Å². The van der Waals surface area contributed by atoms with Gasteiger partial charge in [0, 0.05) is 17.7 Å². The molecule has 188 valence electrons. The maximum atomic E-state index is 11.6. The van der Waals surface area contributed by atoms with Crippen LogP contribution in [0.25, 0.3) is 6.08 Å². The van der Waals surface area contributed by atoms with Gasteiger partial charge in [0.2, 0.25) is 0 Å². The zero-order valence-electron chi connectivity index (χ0n) is 20.9. The molecule has 0 aromatic carbocycles. The second-order valence-electron chi connectivity index (χ2n) is 10.4. The molecule has 0 radical (unpaired) electrons. The Bertz CT molecular complexity index is 924. The van der Waals surface area contributed by atoms with Crippen LogP contribution in [-0.2, 0) is 28.3 Å². The number of rotatable bonds is 14. The highest BCUT2D eigenvalue weighted by Gasteiger charge is 2.57. The van der Waals surface area contributed by atoms with E-state index in [1.807, 2.05) is 19.2 Å². The lowest BCUT2D eigenvalue weighted by molar-refractivity contribution is -0.110. The molecule has 0 unspecified atom stereocenters. The molecular formula is C23H39NO6S2Si. The molecule has 0 aliphatic carbocycles. The van der Waals surface area contributed by atoms with Crippen LogP contribution in [0, 0.1) is 12.8 Å². The number of epoxide rings is 1. The van der Waals surface area contributed by atoms with E-state index in [1.54, 1.807) is 11.3 Å². The molecule has 1 aliphatic heterocycles. The number of aryl methyl sites for hydroxylation is 1. The maximum absolute atomic E-state index is 11.6. The highest BCUT2D eigenvalue weighted by Crippen LogP contribution is 2.45. The highest BCUT2D eigenvalue weighted by atomic mass is 32.2. The minimum atomic E-state index is -3.58. The first-order valence-electron chi connectivity index (χ1n) is 11.4.